The molecular weight excluding hydrogens is 478 g/mol. The molecule has 0 aliphatic carbocycles. The maximum absolute atomic E-state index is 3.53. The number of hydrogen-bond acceptors (Lipinski definition) is 1. The van der Waals surface area contributed by atoms with E-state index in [-0.39, 0.29) is 20.8 Å². The second-order valence-electron chi connectivity index (χ2n) is 17.1. The summed E-state index contributed by atoms with van der Waals surface area (Å²) in [5.74, 6) is 0. The van der Waals surface area contributed by atoms with Crippen LogP contribution in [0.4, 0.5) is 5.69 Å². The fourth-order valence-corrected chi connectivity index (χ4v) is 18.4. The number of benzene rings is 1. The molecular formula is C29H60NPSi3. The standard InChI is InChI=1S/C29H60NPSi3/c1-26(2,3)22-19-23(27(4,5)6)25(24(20-22)28(7,8)9)30(21-32(10,11)12)29(31,33(13,14)15)34(16,17)18/h19-20H,21,31H2,1-18H3. The van der Waals surface area contributed by atoms with Crippen molar-refractivity contribution in [1.82, 2.24) is 0 Å². The zero-order valence-corrected chi connectivity index (χ0v) is 30.5. The Labute approximate surface area is 220 Å². The molecule has 1 aromatic carbocycles. The molecule has 0 aromatic heterocycles. The van der Waals surface area contributed by atoms with Crippen molar-refractivity contribution in [2.75, 3.05) is 11.1 Å². The normalized spacial score (nSPS) is 15.0. The molecule has 0 aliphatic rings. The Morgan fingerprint density at radius 2 is 0.941 bits per heavy atom. The van der Waals surface area contributed by atoms with Gasteiger partial charge in [-0.1, -0.05) is 133 Å². The van der Waals surface area contributed by atoms with Crippen molar-refractivity contribution >= 4 is 39.1 Å². The van der Waals surface area contributed by atoms with Crippen molar-refractivity contribution in [3.63, 3.8) is 0 Å². The largest absolute Gasteiger partial charge is 0.370 e. The zero-order chi connectivity index (χ0) is 27.5. The molecule has 1 nitrogen and oxygen atoms in total. The van der Waals surface area contributed by atoms with Crippen molar-refractivity contribution in [2.24, 2.45) is 0 Å². The lowest BCUT2D eigenvalue weighted by atomic mass is 9.74. The maximum atomic E-state index is 3.53. The third-order valence-electron chi connectivity index (χ3n) is 7.21. The van der Waals surface area contributed by atoms with Crippen LogP contribution < -0.4 is 4.90 Å². The molecule has 0 spiro atoms. The summed E-state index contributed by atoms with van der Waals surface area (Å²) < 4.78 is 0.156. The van der Waals surface area contributed by atoms with E-state index in [1.54, 1.807) is 5.69 Å². The quantitative estimate of drug-likeness (QED) is 0.258. The van der Waals surface area contributed by atoms with Gasteiger partial charge in [0.05, 0.1) is 24.2 Å². The number of nitrogens with zero attached hydrogens (tertiary/aromatic N) is 1. The molecule has 0 fully saturated rings. The Balaban J connectivity index is 4.45. The summed E-state index contributed by atoms with van der Waals surface area (Å²) in [5, 5.41) is 0. The van der Waals surface area contributed by atoms with Gasteiger partial charge in [-0.3, -0.25) is 0 Å². The van der Waals surface area contributed by atoms with Gasteiger partial charge < -0.3 is 4.90 Å². The first-order valence-electron chi connectivity index (χ1n) is 13.3. The Kier molecular flexibility index (Phi) is 8.92. The smallest absolute Gasteiger partial charge is 0.0751 e. The van der Waals surface area contributed by atoms with Gasteiger partial charge in [0.15, 0.2) is 0 Å². The van der Waals surface area contributed by atoms with E-state index in [1.807, 2.05) is 0 Å². The molecule has 198 valence electrons. The van der Waals surface area contributed by atoms with E-state index >= 15 is 0 Å². The first kappa shape index (κ1) is 32.1. The Morgan fingerprint density at radius 1 is 0.618 bits per heavy atom. The monoisotopic (exact) mass is 537 g/mol. The van der Waals surface area contributed by atoms with E-state index in [1.165, 1.54) is 22.9 Å². The van der Waals surface area contributed by atoms with Crippen molar-refractivity contribution in [1.29, 1.82) is 0 Å². The van der Waals surface area contributed by atoms with Crippen LogP contribution in [-0.2, 0) is 16.2 Å². The van der Waals surface area contributed by atoms with E-state index < -0.39 is 24.2 Å². The average Bonchev–Trinajstić information content (AvgIpc) is 2.52. The third kappa shape index (κ3) is 6.90. The van der Waals surface area contributed by atoms with Gasteiger partial charge in [-0.05, 0) is 32.9 Å². The van der Waals surface area contributed by atoms with Crippen LogP contribution >= 0.6 is 9.24 Å². The van der Waals surface area contributed by atoms with Gasteiger partial charge in [0.1, 0.15) is 0 Å². The Bertz CT molecular complexity index is 815. The SMILES string of the molecule is CC(C)(C)c1cc(C(C)(C)C)c(N(C[Si](C)(C)C)C(P)([Si](C)(C)C)[Si](C)(C)C)c(C(C)(C)C)c1. The number of anilines is 1. The lowest BCUT2D eigenvalue weighted by Crippen LogP contribution is -2.73. The predicted molar refractivity (Wildman–Crippen MR) is 172 cm³/mol. The molecule has 0 saturated carbocycles. The van der Waals surface area contributed by atoms with E-state index in [2.05, 4.69) is 148 Å². The lowest BCUT2D eigenvalue weighted by molar-refractivity contribution is 0.545. The summed E-state index contributed by atoms with van der Waals surface area (Å²) in [7, 11) is -1.16. The molecule has 0 heterocycles. The van der Waals surface area contributed by atoms with Crippen LogP contribution in [0.5, 0.6) is 0 Å². The molecule has 0 aliphatic heterocycles. The minimum Gasteiger partial charge on any atom is -0.370 e. The van der Waals surface area contributed by atoms with Crippen molar-refractivity contribution in [2.45, 2.75) is 142 Å². The van der Waals surface area contributed by atoms with Gasteiger partial charge in [-0.15, -0.1) is 9.24 Å². The molecule has 0 saturated heterocycles. The molecule has 1 rings (SSSR count). The van der Waals surface area contributed by atoms with E-state index in [4.69, 9.17) is 0 Å². The van der Waals surface area contributed by atoms with Crippen LogP contribution in [0.25, 0.3) is 0 Å². The average molecular weight is 538 g/mol. The maximum Gasteiger partial charge on any atom is 0.0751 e. The van der Waals surface area contributed by atoms with Gasteiger partial charge >= 0.3 is 0 Å². The molecule has 0 N–H and O–H groups in total. The van der Waals surface area contributed by atoms with Crippen molar-refractivity contribution in [3.8, 4) is 0 Å². The van der Waals surface area contributed by atoms with Gasteiger partial charge in [-0.25, -0.2) is 0 Å². The highest BCUT2D eigenvalue weighted by Gasteiger charge is 2.55. The first-order chi connectivity index (χ1) is 14.5. The summed E-state index contributed by atoms with van der Waals surface area (Å²) in [6, 6.07) is 5.14. The molecule has 1 aromatic rings. The molecule has 0 radical (unpaired) electrons. The zero-order valence-electron chi connectivity index (χ0n) is 26.4. The highest BCUT2D eigenvalue weighted by molar-refractivity contribution is 7.36. The van der Waals surface area contributed by atoms with E-state index in [0.717, 1.165) is 0 Å². The molecule has 1 unspecified atom stereocenters. The van der Waals surface area contributed by atoms with Gasteiger partial charge in [0.25, 0.3) is 0 Å². The van der Waals surface area contributed by atoms with Gasteiger partial charge in [-0.2, -0.15) is 0 Å². The summed E-state index contributed by atoms with van der Waals surface area (Å²) in [6.07, 6.45) is 1.20. The van der Waals surface area contributed by atoms with Crippen molar-refractivity contribution in [3.05, 3.63) is 28.8 Å². The fourth-order valence-electron chi connectivity index (χ4n) is 5.29. The Morgan fingerprint density at radius 3 is 1.15 bits per heavy atom. The van der Waals surface area contributed by atoms with Crippen LogP contribution in [0, 0.1) is 0 Å². The van der Waals surface area contributed by atoms with Gasteiger partial charge in [0.2, 0.25) is 0 Å². The summed E-state index contributed by atoms with van der Waals surface area (Å²) >= 11 is 0. The van der Waals surface area contributed by atoms with Crippen molar-refractivity contribution < 1.29 is 0 Å². The summed E-state index contributed by atoms with van der Waals surface area (Å²) in [6.45, 7) is 44.9. The van der Waals surface area contributed by atoms with E-state index in [0.29, 0.717) is 0 Å². The topological polar surface area (TPSA) is 3.24 Å². The second-order valence-corrected chi connectivity index (χ2v) is 35.5. The van der Waals surface area contributed by atoms with Crippen LogP contribution in [0.1, 0.15) is 79.0 Å². The minimum absolute atomic E-state index is 0.0682. The minimum atomic E-state index is -1.63. The van der Waals surface area contributed by atoms with Crippen LogP contribution in [0.3, 0.4) is 0 Å². The molecule has 34 heavy (non-hydrogen) atoms. The summed E-state index contributed by atoms with van der Waals surface area (Å²) in [5.41, 5.74) is 6.34. The summed E-state index contributed by atoms with van der Waals surface area (Å²) in [4.78, 5) is 3.00. The van der Waals surface area contributed by atoms with Crippen LogP contribution in [0.2, 0.25) is 58.9 Å². The highest BCUT2D eigenvalue weighted by atomic mass is 31.0. The van der Waals surface area contributed by atoms with E-state index in [9.17, 15) is 0 Å². The molecule has 5 heteroatoms. The third-order valence-corrected chi connectivity index (χ3v) is 23.6. The number of hydrogen-bond donors (Lipinski definition) is 0. The van der Waals surface area contributed by atoms with Crippen LogP contribution in [0.15, 0.2) is 12.1 Å². The first-order valence-corrected chi connectivity index (χ1v) is 24.6. The van der Waals surface area contributed by atoms with Gasteiger partial charge in [0, 0.05) is 16.4 Å². The molecule has 0 bridgehead atoms. The molecule has 1 atom stereocenters. The predicted octanol–water partition coefficient (Wildman–Crippen LogP) is 9.59. The highest BCUT2D eigenvalue weighted by Crippen LogP contribution is 2.51. The van der Waals surface area contributed by atoms with Crippen LogP contribution in [-0.4, -0.2) is 34.9 Å². The second kappa shape index (κ2) is 9.44. The lowest BCUT2D eigenvalue weighted by Gasteiger charge is -2.59. The fraction of sp³-hybridized carbons (Fsp3) is 0.793. The molecule has 0 amide bonds. The number of rotatable bonds is 6. The Hall–Kier alpha value is 0.101.